The zero-order valence-corrected chi connectivity index (χ0v) is 8.66. The first kappa shape index (κ1) is 10.4. The lowest BCUT2D eigenvalue weighted by Crippen LogP contribution is -2.35. The van der Waals surface area contributed by atoms with E-state index in [-0.39, 0.29) is 0 Å². The Balaban J connectivity index is 1.91. The second kappa shape index (κ2) is 6.75. The maximum atomic E-state index is 5.70. The van der Waals surface area contributed by atoms with E-state index in [0.29, 0.717) is 6.10 Å². The normalized spacial score (nSPS) is 24.2. The molecule has 3 heteroatoms. The Morgan fingerprint density at radius 2 is 2.50 bits per heavy atom. The van der Waals surface area contributed by atoms with E-state index in [1.165, 1.54) is 25.1 Å². The third-order valence-corrected chi connectivity index (χ3v) is 2.90. The van der Waals surface area contributed by atoms with Crippen LogP contribution >= 0.6 is 11.8 Å². The quantitative estimate of drug-likeness (QED) is 0.662. The van der Waals surface area contributed by atoms with Gasteiger partial charge in [0.1, 0.15) is 0 Å². The van der Waals surface area contributed by atoms with Crippen molar-refractivity contribution in [3.8, 4) is 0 Å². The molecule has 0 saturated carbocycles. The van der Waals surface area contributed by atoms with Crippen LogP contribution in [0.5, 0.6) is 0 Å². The first-order valence-corrected chi connectivity index (χ1v) is 5.99. The van der Waals surface area contributed by atoms with Gasteiger partial charge in [-0.15, -0.1) is 0 Å². The minimum Gasteiger partial charge on any atom is -0.376 e. The number of rotatable bonds is 5. The minimum atomic E-state index is 0.483. The van der Waals surface area contributed by atoms with E-state index < -0.39 is 0 Å². The van der Waals surface area contributed by atoms with Crippen LogP contribution in [0.15, 0.2) is 0 Å². The summed E-state index contributed by atoms with van der Waals surface area (Å²) in [5, 5.41) is 3.34. The SMILES string of the molecule is CCSCCO[C@H]1CCCNC1. The molecule has 0 aromatic carbocycles. The van der Waals surface area contributed by atoms with E-state index in [1.807, 2.05) is 11.8 Å². The Morgan fingerprint density at radius 3 is 3.17 bits per heavy atom. The molecule has 1 aliphatic rings. The van der Waals surface area contributed by atoms with Gasteiger partial charge in [0.2, 0.25) is 0 Å². The van der Waals surface area contributed by atoms with Crippen molar-refractivity contribution in [1.29, 1.82) is 0 Å². The van der Waals surface area contributed by atoms with Gasteiger partial charge in [-0.1, -0.05) is 6.92 Å². The lowest BCUT2D eigenvalue weighted by Gasteiger charge is -2.22. The lowest BCUT2D eigenvalue weighted by molar-refractivity contribution is 0.0474. The average molecular weight is 189 g/mol. The summed E-state index contributed by atoms with van der Waals surface area (Å²) >= 11 is 1.95. The summed E-state index contributed by atoms with van der Waals surface area (Å²) in [6.07, 6.45) is 2.99. The maximum Gasteiger partial charge on any atom is 0.0700 e. The van der Waals surface area contributed by atoms with E-state index in [1.54, 1.807) is 0 Å². The fourth-order valence-corrected chi connectivity index (χ4v) is 1.88. The monoisotopic (exact) mass is 189 g/mol. The van der Waals surface area contributed by atoms with Gasteiger partial charge in [0.05, 0.1) is 12.7 Å². The van der Waals surface area contributed by atoms with Gasteiger partial charge in [0.15, 0.2) is 0 Å². The fourth-order valence-electron chi connectivity index (χ4n) is 1.38. The molecule has 0 bridgehead atoms. The smallest absolute Gasteiger partial charge is 0.0700 e. The van der Waals surface area contributed by atoms with Crippen molar-refractivity contribution < 1.29 is 4.74 Å². The van der Waals surface area contributed by atoms with Gasteiger partial charge < -0.3 is 10.1 Å². The van der Waals surface area contributed by atoms with Crippen LogP contribution in [0.2, 0.25) is 0 Å². The van der Waals surface area contributed by atoms with Gasteiger partial charge in [0.25, 0.3) is 0 Å². The van der Waals surface area contributed by atoms with Crippen molar-refractivity contribution in [3.05, 3.63) is 0 Å². The summed E-state index contributed by atoms with van der Waals surface area (Å²) in [4.78, 5) is 0. The van der Waals surface area contributed by atoms with Crippen molar-refractivity contribution in [3.63, 3.8) is 0 Å². The molecule has 72 valence electrons. The topological polar surface area (TPSA) is 21.3 Å². The third-order valence-electron chi connectivity index (χ3n) is 2.04. The summed E-state index contributed by atoms with van der Waals surface area (Å²) in [6, 6.07) is 0. The first-order chi connectivity index (χ1) is 5.93. The highest BCUT2D eigenvalue weighted by molar-refractivity contribution is 7.99. The Hall–Kier alpha value is 0.270. The predicted octanol–water partition coefficient (Wildman–Crippen LogP) is 1.51. The molecule has 0 aliphatic carbocycles. The number of hydrogen-bond donors (Lipinski definition) is 1. The van der Waals surface area contributed by atoms with Crippen LogP contribution in [0.4, 0.5) is 0 Å². The number of piperidine rings is 1. The summed E-state index contributed by atoms with van der Waals surface area (Å²) in [6.45, 7) is 5.33. The van der Waals surface area contributed by atoms with E-state index in [2.05, 4.69) is 12.2 Å². The highest BCUT2D eigenvalue weighted by atomic mass is 32.2. The van der Waals surface area contributed by atoms with Crippen LogP contribution in [0.1, 0.15) is 19.8 Å². The van der Waals surface area contributed by atoms with Crippen molar-refractivity contribution in [2.45, 2.75) is 25.9 Å². The van der Waals surface area contributed by atoms with Crippen LogP contribution in [0.3, 0.4) is 0 Å². The van der Waals surface area contributed by atoms with Crippen LogP contribution < -0.4 is 5.32 Å². The minimum absolute atomic E-state index is 0.483. The standard InChI is InChI=1S/C9H19NOS/c1-2-12-7-6-11-9-4-3-5-10-8-9/h9-10H,2-8H2,1H3/t9-/m0/s1. The number of ether oxygens (including phenoxy) is 1. The average Bonchev–Trinajstić information content (AvgIpc) is 2.14. The van der Waals surface area contributed by atoms with E-state index in [0.717, 1.165) is 18.9 Å². The van der Waals surface area contributed by atoms with Gasteiger partial charge in [-0.05, 0) is 25.1 Å². The second-order valence-corrected chi connectivity index (χ2v) is 4.43. The summed E-state index contributed by atoms with van der Waals surface area (Å²) in [7, 11) is 0. The third kappa shape index (κ3) is 4.33. The molecule has 12 heavy (non-hydrogen) atoms. The highest BCUT2D eigenvalue weighted by Crippen LogP contribution is 2.07. The van der Waals surface area contributed by atoms with Gasteiger partial charge in [-0.25, -0.2) is 0 Å². The van der Waals surface area contributed by atoms with Crippen molar-refractivity contribution in [2.75, 3.05) is 31.2 Å². The first-order valence-electron chi connectivity index (χ1n) is 4.83. The van der Waals surface area contributed by atoms with Crippen LogP contribution in [0, 0.1) is 0 Å². The molecular weight excluding hydrogens is 170 g/mol. The molecule has 0 radical (unpaired) electrons. The van der Waals surface area contributed by atoms with Gasteiger partial charge in [-0.3, -0.25) is 0 Å². The molecule has 0 aromatic rings. The van der Waals surface area contributed by atoms with Crippen molar-refractivity contribution >= 4 is 11.8 Å². The zero-order valence-electron chi connectivity index (χ0n) is 7.84. The molecular formula is C9H19NOS. The Bertz CT molecular complexity index is 105. The summed E-state index contributed by atoms with van der Waals surface area (Å²) in [5.74, 6) is 2.35. The molecule has 1 saturated heterocycles. The molecule has 1 atom stereocenters. The van der Waals surface area contributed by atoms with Crippen molar-refractivity contribution in [2.24, 2.45) is 0 Å². The Labute approximate surface area is 79.4 Å². The van der Waals surface area contributed by atoms with E-state index in [4.69, 9.17) is 4.74 Å². The van der Waals surface area contributed by atoms with Gasteiger partial charge in [0, 0.05) is 12.3 Å². The fraction of sp³-hybridized carbons (Fsp3) is 1.00. The van der Waals surface area contributed by atoms with E-state index in [9.17, 15) is 0 Å². The predicted molar refractivity (Wildman–Crippen MR) is 54.8 cm³/mol. The van der Waals surface area contributed by atoms with Gasteiger partial charge >= 0.3 is 0 Å². The van der Waals surface area contributed by atoms with Gasteiger partial charge in [-0.2, -0.15) is 11.8 Å². The highest BCUT2D eigenvalue weighted by Gasteiger charge is 2.12. The molecule has 1 fully saturated rings. The molecule has 0 aromatic heterocycles. The zero-order chi connectivity index (χ0) is 8.65. The molecule has 0 amide bonds. The maximum absolute atomic E-state index is 5.70. The molecule has 0 unspecified atom stereocenters. The molecule has 1 aliphatic heterocycles. The molecule has 1 heterocycles. The largest absolute Gasteiger partial charge is 0.376 e. The Kier molecular flexibility index (Phi) is 5.82. The van der Waals surface area contributed by atoms with Crippen molar-refractivity contribution in [1.82, 2.24) is 5.32 Å². The second-order valence-electron chi connectivity index (χ2n) is 3.04. The molecule has 2 nitrogen and oxygen atoms in total. The number of nitrogens with one attached hydrogen (secondary N) is 1. The number of thioether (sulfide) groups is 1. The van der Waals surface area contributed by atoms with Crippen LogP contribution in [-0.2, 0) is 4.74 Å². The summed E-state index contributed by atoms with van der Waals surface area (Å²) in [5.41, 5.74) is 0. The van der Waals surface area contributed by atoms with Crippen LogP contribution in [-0.4, -0.2) is 37.3 Å². The lowest BCUT2D eigenvalue weighted by atomic mass is 10.1. The molecule has 0 spiro atoms. The van der Waals surface area contributed by atoms with Crippen LogP contribution in [0.25, 0.3) is 0 Å². The Morgan fingerprint density at radius 1 is 1.58 bits per heavy atom. The molecule has 1 rings (SSSR count). The molecule has 1 N–H and O–H groups in total. The van der Waals surface area contributed by atoms with E-state index >= 15 is 0 Å². The number of hydrogen-bond acceptors (Lipinski definition) is 3. The summed E-state index contributed by atoms with van der Waals surface area (Å²) < 4.78 is 5.70.